The van der Waals surface area contributed by atoms with Gasteiger partial charge in [0.1, 0.15) is 5.82 Å². The normalized spacial score (nSPS) is 23.6. The van der Waals surface area contributed by atoms with Gasteiger partial charge >= 0.3 is 0 Å². The van der Waals surface area contributed by atoms with Gasteiger partial charge in [-0.1, -0.05) is 17.7 Å². The van der Waals surface area contributed by atoms with Gasteiger partial charge in [-0.15, -0.1) is 0 Å². The molecule has 1 aliphatic rings. The predicted octanol–water partition coefficient (Wildman–Crippen LogP) is 2.96. The van der Waals surface area contributed by atoms with Crippen molar-refractivity contribution in [3.8, 4) is 0 Å². The van der Waals surface area contributed by atoms with Crippen LogP contribution in [0.5, 0.6) is 0 Å². The summed E-state index contributed by atoms with van der Waals surface area (Å²) in [5, 5.41) is 0.497. The van der Waals surface area contributed by atoms with E-state index in [-0.39, 0.29) is 17.9 Å². The molecule has 0 aliphatic carbocycles. The van der Waals surface area contributed by atoms with Crippen molar-refractivity contribution in [3.05, 3.63) is 34.6 Å². The number of rotatable bonds is 2. The highest BCUT2D eigenvalue weighted by Crippen LogP contribution is 2.29. The first-order valence-electron chi connectivity index (χ1n) is 6.02. The minimum atomic E-state index is -0.290. The van der Waals surface area contributed by atoms with Gasteiger partial charge in [0.2, 0.25) is 0 Å². The molecule has 1 heterocycles. The molecule has 0 aromatic heterocycles. The first kappa shape index (κ1) is 12.8. The van der Waals surface area contributed by atoms with Crippen molar-refractivity contribution in [2.75, 3.05) is 13.1 Å². The maximum Gasteiger partial charge on any atom is 0.124 e. The van der Waals surface area contributed by atoms with E-state index in [1.165, 1.54) is 12.1 Å². The monoisotopic (exact) mass is 256 g/mol. The van der Waals surface area contributed by atoms with E-state index in [4.69, 9.17) is 17.3 Å². The Hall–Kier alpha value is -0.640. The average molecular weight is 257 g/mol. The lowest BCUT2D eigenvalue weighted by atomic mass is 10.0. The van der Waals surface area contributed by atoms with Gasteiger partial charge in [-0.25, -0.2) is 4.39 Å². The molecule has 1 saturated heterocycles. The molecule has 0 radical (unpaired) electrons. The second-order valence-electron chi connectivity index (χ2n) is 4.74. The predicted molar refractivity (Wildman–Crippen MR) is 68.6 cm³/mol. The first-order valence-corrected chi connectivity index (χ1v) is 6.40. The molecule has 2 N–H and O–H groups in total. The molecule has 0 bridgehead atoms. The topological polar surface area (TPSA) is 29.3 Å². The SMILES string of the molecule is CC(c1ccc(F)cc1Cl)N1CCCC(N)C1. The lowest BCUT2D eigenvalue weighted by Gasteiger charge is -2.35. The lowest BCUT2D eigenvalue weighted by Crippen LogP contribution is -2.43. The number of hydrogen-bond acceptors (Lipinski definition) is 2. The van der Waals surface area contributed by atoms with Crippen LogP contribution in [0.25, 0.3) is 0 Å². The van der Waals surface area contributed by atoms with Gasteiger partial charge in [0.25, 0.3) is 0 Å². The van der Waals surface area contributed by atoms with Gasteiger partial charge in [0, 0.05) is 23.7 Å². The zero-order valence-electron chi connectivity index (χ0n) is 10.00. The van der Waals surface area contributed by atoms with Crippen LogP contribution >= 0.6 is 11.6 Å². The van der Waals surface area contributed by atoms with Crippen molar-refractivity contribution in [3.63, 3.8) is 0 Å². The van der Waals surface area contributed by atoms with Gasteiger partial charge in [-0.2, -0.15) is 0 Å². The molecule has 2 atom stereocenters. The van der Waals surface area contributed by atoms with E-state index < -0.39 is 0 Å². The summed E-state index contributed by atoms with van der Waals surface area (Å²) in [6, 6.07) is 5.03. The van der Waals surface area contributed by atoms with Crippen LogP contribution in [0.1, 0.15) is 31.4 Å². The van der Waals surface area contributed by atoms with Crippen molar-refractivity contribution in [2.24, 2.45) is 5.73 Å². The molecule has 0 spiro atoms. The molecule has 1 fully saturated rings. The zero-order chi connectivity index (χ0) is 12.4. The van der Waals surface area contributed by atoms with Crippen LogP contribution in [0.3, 0.4) is 0 Å². The second kappa shape index (κ2) is 5.34. The van der Waals surface area contributed by atoms with Crippen LogP contribution in [0.15, 0.2) is 18.2 Å². The van der Waals surface area contributed by atoms with Crippen LogP contribution in [0, 0.1) is 5.82 Å². The third kappa shape index (κ3) is 2.97. The van der Waals surface area contributed by atoms with Crippen LogP contribution < -0.4 is 5.73 Å². The molecule has 2 rings (SSSR count). The minimum absolute atomic E-state index is 0.189. The Morgan fingerprint density at radius 1 is 1.53 bits per heavy atom. The Balaban J connectivity index is 2.15. The van der Waals surface area contributed by atoms with Gasteiger partial charge < -0.3 is 5.73 Å². The van der Waals surface area contributed by atoms with Gasteiger partial charge in [0.15, 0.2) is 0 Å². The van der Waals surface area contributed by atoms with Crippen LogP contribution in [0.2, 0.25) is 5.02 Å². The third-order valence-corrected chi connectivity index (χ3v) is 3.78. The Bertz CT molecular complexity index is 397. The number of hydrogen-bond donors (Lipinski definition) is 1. The molecular formula is C13H18ClFN2. The van der Waals surface area contributed by atoms with Crippen molar-refractivity contribution >= 4 is 11.6 Å². The molecule has 94 valence electrons. The molecule has 1 aromatic carbocycles. The first-order chi connectivity index (χ1) is 8.08. The second-order valence-corrected chi connectivity index (χ2v) is 5.15. The highest BCUT2D eigenvalue weighted by atomic mass is 35.5. The van der Waals surface area contributed by atoms with E-state index in [9.17, 15) is 4.39 Å². The molecular weight excluding hydrogens is 239 g/mol. The smallest absolute Gasteiger partial charge is 0.124 e. The van der Waals surface area contributed by atoms with E-state index in [0.717, 1.165) is 31.5 Å². The standard InChI is InChI=1S/C13H18ClFN2/c1-9(17-6-2-3-11(16)8-17)12-5-4-10(15)7-13(12)14/h4-5,7,9,11H,2-3,6,8,16H2,1H3. The average Bonchev–Trinajstić information content (AvgIpc) is 2.28. The maximum atomic E-state index is 13.0. The maximum absolute atomic E-state index is 13.0. The van der Waals surface area contributed by atoms with Crippen molar-refractivity contribution < 1.29 is 4.39 Å². The minimum Gasteiger partial charge on any atom is -0.327 e. The molecule has 2 unspecified atom stereocenters. The van der Waals surface area contributed by atoms with E-state index >= 15 is 0 Å². The summed E-state index contributed by atoms with van der Waals surface area (Å²) in [7, 11) is 0. The highest BCUT2D eigenvalue weighted by molar-refractivity contribution is 6.31. The molecule has 1 aliphatic heterocycles. The fourth-order valence-corrected chi connectivity index (χ4v) is 2.75. The zero-order valence-corrected chi connectivity index (χ0v) is 10.8. The van der Waals surface area contributed by atoms with Gasteiger partial charge in [0.05, 0.1) is 0 Å². The summed E-state index contributed by atoms with van der Waals surface area (Å²) in [5.41, 5.74) is 6.94. The fraction of sp³-hybridized carbons (Fsp3) is 0.538. The molecule has 17 heavy (non-hydrogen) atoms. The van der Waals surface area contributed by atoms with E-state index in [1.54, 1.807) is 6.07 Å². The van der Waals surface area contributed by atoms with Crippen LogP contribution in [-0.4, -0.2) is 24.0 Å². The molecule has 2 nitrogen and oxygen atoms in total. The van der Waals surface area contributed by atoms with E-state index in [1.807, 2.05) is 0 Å². The summed E-state index contributed by atoms with van der Waals surface area (Å²) < 4.78 is 13.0. The molecule has 4 heteroatoms. The van der Waals surface area contributed by atoms with Crippen LogP contribution in [-0.2, 0) is 0 Å². The summed E-state index contributed by atoms with van der Waals surface area (Å²) >= 11 is 6.08. The van der Waals surface area contributed by atoms with Crippen molar-refractivity contribution in [2.45, 2.75) is 31.8 Å². The summed E-state index contributed by atoms with van der Waals surface area (Å²) in [4.78, 5) is 2.31. The Kier molecular flexibility index (Phi) is 4.02. The van der Waals surface area contributed by atoms with Crippen LogP contribution in [0.4, 0.5) is 4.39 Å². The molecule has 1 aromatic rings. The number of nitrogens with two attached hydrogens (primary N) is 1. The quantitative estimate of drug-likeness (QED) is 0.882. The fourth-order valence-electron chi connectivity index (χ4n) is 2.43. The van der Waals surface area contributed by atoms with Crippen molar-refractivity contribution in [1.82, 2.24) is 4.90 Å². The highest BCUT2D eigenvalue weighted by Gasteiger charge is 2.23. The largest absolute Gasteiger partial charge is 0.327 e. The van der Waals surface area contributed by atoms with E-state index in [0.29, 0.717) is 5.02 Å². The number of likely N-dealkylation sites (tertiary alicyclic amines) is 1. The van der Waals surface area contributed by atoms with E-state index in [2.05, 4.69) is 11.8 Å². The lowest BCUT2D eigenvalue weighted by molar-refractivity contribution is 0.159. The summed E-state index contributed by atoms with van der Waals surface area (Å²) in [6.07, 6.45) is 2.20. The number of nitrogens with zero attached hydrogens (tertiary/aromatic N) is 1. The summed E-state index contributed by atoms with van der Waals surface area (Å²) in [5.74, 6) is -0.290. The van der Waals surface area contributed by atoms with Crippen molar-refractivity contribution in [1.29, 1.82) is 0 Å². The molecule has 0 saturated carbocycles. The summed E-state index contributed by atoms with van der Waals surface area (Å²) in [6.45, 7) is 4.01. The Morgan fingerprint density at radius 3 is 2.94 bits per heavy atom. The van der Waals surface area contributed by atoms with Gasteiger partial charge in [-0.05, 0) is 44.0 Å². The third-order valence-electron chi connectivity index (χ3n) is 3.45. The number of piperidine rings is 1. The Morgan fingerprint density at radius 2 is 2.29 bits per heavy atom. The number of halogens is 2. The van der Waals surface area contributed by atoms with Gasteiger partial charge in [-0.3, -0.25) is 4.90 Å². The number of benzene rings is 1. The Labute approximate surface area is 107 Å². The molecule has 0 amide bonds.